The van der Waals surface area contributed by atoms with Crippen molar-refractivity contribution in [3.63, 3.8) is 0 Å². The van der Waals surface area contributed by atoms with Gasteiger partial charge in [0, 0.05) is 0 Å². The molecule has 0 bridgehead atoms. The van der Waals surface area contributed by atoms with Gasteiger partial charge in [-0.2, -0.15) is 0 Å². The molecule has 0 radical (unpaired) electrons. The van der Waals surface area contributed by atoms with Crippen LogP contribution in [0.5, 0.6) is 11.5 Å². The number of ether oxygens (including phenoxy) is 2. The molecule has 0 aliphatic heterocycles. The third-order valence-corrected chi connectivity index (χ3v) is 2.18. The van der Waals surface area contributed by atoms with Crippen LogP contribution in [0.3, 0.4) is 0 Å². The van der Waals surface area contributed by atoms with E-state index in [1.807, 2.05) is 0 Å². The lowest BCUT2D eigenvalue weighted by Crippen LogP contribution is -2.15. The number of rotatable bonds is 2. The first-order valence-corrected chi connectivity index (χ1v) is 4.45. The molecule has 1 aromatic heterocycles. The maximum Gasteiger partial charge on any atom is 0.419 e. The predicted molar refractivity (Wildman–Crippen MR) is 56.2 cm³/mol. The van der Waals surface area contributed by atoms with Gasteiger partial charge in [-0.25, -0.2) is 9.59 Å². The molecule has 1 aromatic carbocycles. The Bertz CT molecular complexity index is 640. The number of aromatic nitrogens is 1. The summed E-state index contributed by atoms with van der Waals surface area (Å²) in [5.74, 6) is -0.106. The summed E-state index contributed by atoms with van der Waals surface area (Å²) in [6, 6.07) is 3.06. The van der Waals surface area contributed by atoms with Gasteiger partial charge in [-0.3, -0.25) is 4.98 Å². The molecule has 0 aliphatic rings. The Balaban J connectivity index is 2.97. The molecule has 6 heteroatoms. The van der Waals surface area contributed by atoms with E-state index in [2.05, 4.69) is 9.40 Å². The lowest BCUT2D eigenvalue weighted by molar-refractivity contribution is 0.357. The van der Waals surface area contributed by atoms with Crippen LogP contribution in [0.1, 0.15) is 0 Å². The van der Waals surface area contributed by atoms with E-state index in [0.29, 0.717) is 11.5 Å². The topological polar surface area (TPSA) is 81.5 Å². The molecule has 0 amide bonds. The van der Waals surface area contributed by atoms with Gasteiger partial charge in [-0.15, -0.1) is 0 Å². The zero-order chi connectivity index (χ0) is 11.7. The fourth-order valence-corrected chi connectivity index (χ4v) is 1.49. The van der Waals surface area contributed by atoms with Crippen LogP contribution in [-0.2, 0) is 0 Å². The Morgan fingerprint density at radius 3 is 2.56 bits per heavy atom. The summed E-state index contributed by atoms with van der Waals surface area (Å²) in [5.41, 5.74) is -0.442. The lowest BCUT2D eigenvalue weighted by atomic mass is 10.2. The van der Waals surface area contributed by atoms with Gasteiger partial charge in [0.1, 0.15) is 5.52 Å². The second-order valence-electron chi connectivity index (χ2n) is 3.03. The summed E-state index contributed by atoms with van der Waals surface area (Å²) < 4.78 is 14.5. The molecule has 6 nitrogen and oxygen atoms in total. The van der Waals surface area contributed by atoms with Gasteiger partial charge in [0.05, 0.1) is 19.6 Å². The van der Waals surface area contributed by atoms with Crippen LogP contribution >= 0.6 is 0 Å². The van der Waals surface area contributed by atoms with E-state index in [0.717, 1.165) is 0 Å². The molecule has 1 N–H and O–H groups in total. The fraction of sp³-hybridized carbons (Fsp3) is 0.200. The number of aromatic amines is 1. The van der Waals surface area contributed by atoms with Gasteiger partial charge in [-0.05, 0) is 12.1 Å². The zero-order valence-corrected chi connectivity index (χ0v) is 8.70. The third-order valence-electron chi connectivity index (χ3n) is 2.18. The van der Waals surface area contributed by atoms with E-state index < -0.39 is 11.4 Å². The molecule has 0 saturated carbocycles. The van der Waals surface area contributed by atoms with Gasteiger partial charge >= 0.3 is 11.4 Å². The normalized spacial score (nSPS) is 10.4. The highest BCUT2D eigenvalue weighted by Crippen LogP contribution is 2.31. The van der Waals surface area contributed by atoms with Crippen molar-refractivity contribution in [2.24, 2.45) is 0 Å². The largest absolute Gasteiger partial charge is 0.493 e. The average Bonchev–Trinajstić information content (AvgIpc) is 2.27. The quantitative estimate of drug-likeness (QED) is 0.801. The average molecular weight is 223 g/mol. The molecule has 0 atom stereocenters. The highest BCUT2D eigenvalue weighted by Gasteiger charge is 2.12. The van der Waals surface area contributed by atoms with Gasteiger partial charge in [-0.1, -0.05) is 0 Å². The van der Waals surface area contributed by atoms with Crippen molar-refractivity contribution in [2.75, 3.05) is 14.2 Å². The number of nitrogens with one attached hydrogen (secondary N) is 1. The van der Waals surface area contributed by atoms with E-state index in [1.165, 1.54) is 20.3 Å². The summed E-state index contributed by atoms with van der Waals surface area (Å²) in [6.45, 7) is 0. The summed E-state index contributed by atoms with van der Waals surface area (Å²) in [5, 5.41) is 0.234. The highest BCUT2D eigenvalue weighted by molar-refractivity contribution is 5.85. The lowest BCUT2D eigenvalue weighted by Gasteiger charge is -2.08. The number of benzene rings is 1. The Morgan fingerprint density at radius 1 is 1.19 bits per heavy atom. The molecular weight excluding hydrogens is 214 g/mol. The smallest absolute Gasteiger partial charge is 0.419 e. The van der Waals surface area contributed by atoms with Gasteiger partial charge in [0.2, 0.25) is 0 Å². The minimum Gasteiger partial charge on any atom is -0.493 e. The van der Waals surface area contributed by atoms with Crippen LogP contribution in [0.4, 0.5) is 0 Å². The van der Waals surface area contributed by atoms with E-state index >= 15 is 0 Å². The maximum absolute atomic E-state index is 11.4. The van der Waals surface area contributed by atoms with E-state index in [9.17, 15) is 9.59 Å². The summed E-state index contributed by atoms with van der Waals surface area (Å²) >= 11 is 0. The molecule has 84 valence electrons. The monoisotopic (exact) mass is 223 g/mol. The third kappa shape index (κ3) is 1.44. The Morgan fingerprint density at radius 2 is 1.94 bits per heavy atom. The first-order valence-electron chi connectivity index (χ1n) is 4.45. The number of H-pyrrole nitrogens is 1. The van der Waals surface area contributed by atoms with Crippen LogP contribution in [0.25, 0.3) is 10.9 Å². The Hall–Kier alpha value is -2.24. The van der Waals surface area contributed by atoms with Crippen molar-refractivity contribution in [3.8, 4) is 11.5 Å². The Labute approximate surface area is 89.4 Å². The van der Waals surface area contributed by atoms with Gasteiger partial charge in [0.25, 0.3) is 0 Å². The molecular formula is C10H9NO5. The number of hydrogen-bond acceptors (Lipinski definition) is 5. The van der Waals surface area contributed by atoms with Crippen molar-refractivity contribution in [3.05, 3.63) is 33.1 Å². The number of fused-ring (bicyclic) bond motifs is 1. The summed E-state index contributed by atoms with van der Waals surface area (Å²) in [7, 11) is 2.89. The second kappa shape index (κ2) is 3.73. The van der Waals surface area contributed by atoms with Gasteiger partial charge in [0.15, 0.2) is 11.5 Å². The summed E-state index contributed by atoms with van der Waals surface area (Å²) in [4.78, 5) is 24.8. The van der Waals surface area contributed by atoms with Crippen molar-refractivity contribution < 1.29 is 13.9 Å². The van der Waals surface area contributed by atoms with E-state index in [4.69, 9.17) is 9.47 Å². The Kier molecular flexibility index (Phi) is 2.40. The molecule has 0 saturated heterocycles. The molecule has 0 aliphatic carbocycles. The molecule has 1 heterocycles. The van der Waals surface area contributed by atoms with E-state index in [-0.39, 0.29) is 10.9 Å². The zero-order valence-electron chi connectivity index (χ0n) is 8.70. The van der Waals surface area contributed by atoms with Crippen molar-refractivity contribution >= 4 is 10.9 Å². The molecule has 0 spiro atoms. The van der Waals surface area contributed by atoms with Crippen LogP contribution in [-0.4, -0.2) is 19.2 Å². The molecule has 0 fully saturated rings. The standard InChI is InChI=1S/C10H9NO5/c1-14-6-4-3-5-7(8(6)15-2)11-10(13)16-9(5)12/h3-4H,1-2H3,(H,11,13). The van der Waals surface area contributed by atoms with Crippen molar-refractivity contribution in [1.82, 2.24) is 4.98 Å². The molecule has 2 rings (SSSR count). The molecule has 16 heavy (non-hydrogen) atoms. The number of hydrogen-bond donors (Lipinski definition) is 1. The van der Waals surface area contributed by atoms with Gasteiger partial charge < -0.3 is 13.9 Å². The minimum atomic E-state index is -0.830. The minimum absolute atomic E-state index is 0.234. The van der Waals surface area contributed by atoms with Crippen LogP contribution < -0.4 is 20.9 Å². The highest BCUT2D eigenvalue weighted by atomic mass is 16.5. The van der Waals surface area contributed by atoms with Crippen LogP contribution in [0.2, 0.25) is 0 Å². The SMILES string of the molecule is COc1ccc2c(=O)oc(=O)[nH]c2c1OC. The van der Waals surface area contributed by atoms with Crippen LogP contribution in [0, 0.1) is 0 Å². The summed E-state index contributed by atoms with van der Waals surface area (Å²) in [6.07, 6.45) is 0. The molecule has 0 unspecified atom stereocenters. The first kappa shape index (κ1) is 10.3. The number of methoxy groups -OCH3 is 2. The predicted octanol–water partition coefficient (Wildman–Crippen LogP) is 0.498. The van der Waals surface area contributed by atoms with Crippen molar-refractivity contribution in [2.45, 2.75) is 0 Å². The fourth-order valence-electron chi connectivity index (χ4n) is 1.49. The second-order valence-corrected chi connectivity index (χ2v) is 3.03. The maximum atomic E-state index is 11.4. The van der Waals surface area contributed by atoms with Crippen molar-refractivity contribution in [1.29, 1.82) is 0 Å². The first-order chi connectivity index (χ1) is 7.67. The molecule has 2 aromatic rings. The van der Waals surface area contributed by atoms with Crippen LogP contribution in [0.15, 0.2) is 26.1 Å². The van der Waals surface area contributed by atoms with E-state index in [1.54, 1.807) is 6.07 Å².